The first-order valence-corrected chi connectivity index (χ1v) is 8.94. The molecule has 2 aromatic carbocycles. The number of rotatable bonds is 6. The summed E-state index contributed by atoms with van der Waals surface area (Å²) in [5, 5.41) is 6.60. The zero-order valence-electron chi connectivity index (χ0n) is 15.4. The maximum atomic E-state index is 13.0. The Morgan fingerprint density at radius 3 is 2.64 bits per heavy atom. The van der Waals surface area contributed by atoms with Crippen LogP contribution in [0.2, 0.25) is 5.02 Å². The Balaban J connectivity index is 1.72. The fourth-order valence-corrected chi connectivity index (χ4v) is 2.75. The van der Waals surface area contributed by atoms with Crippen LogP contribution < -0.4 is 15.4 Å². The summed E-state index contributed by atoms with van der Waals surface area (Å²) in [6.45, 7) is 2.18. The van der Waals surface area contributed by atoms with Gasteiger partial charge in [-0.15, -0.1) is 0 Å². The van der Waals surface area contributed by atoms with E-state index in [1.54, 1.807) is 43.6 Å². The third-order valence-corrected chi connectivity index (χ3v) is 4.53. The number of benzene rings is 2. The molecule has 0 aliphatic rings. The van der Waals surface area contributed by atoms with Gasteiger partial charge in [0.15, 0.2) is 0 Å². The Morgan fingerprint density at radius 2 is 1.93 bits per heavy atom. The number of nitrogens with one attached hydrogen (secondary N) is 2. The summed E-state index contributed by atoms with van der Waals surface area (Å²) < 4.78 is 18.3. The van der Waals surface area contributed by atoms with Gasteiger partial charge in [-0.3, -0.25) is 9.78 Å². The van der Waals surface area contributed by atoms with Crippen LogP contribution in [0.25, 0.3) is 0 Å². The topological polar surface area (TPSA) is 63.2 Å². The minimum Gasteiger partial charge on any atom is -0.495 e. The first kappa shape index (κ1) is 19.6. The van der Waals surface area contributed by atoms with Gasteiger partial charge in [0.25, 0.3) is 5.91 Å². The highest BCUT2D eigenvalue weighted by atomic mass is 35.5. The summed E-state index contributed by atoms with van der Waals surface area (Å²) in [5.74, 6) is -0.0506. The normalized spacial score (nSPS) is 10.4. The minimum atomic E-state index is -0.327. The number of aryl methyl sites for hydroxylation is 1. The molecule has 28 heavy (non-hydrogen) atoms. The van der Waals surface area contributed by atoms with Gasteiger partial charge in [-0.05, 0) is 48.4 Å². The highest BCUT2D eigenvalue weighted by Crippen LogP contribution is 2.33. The van der Waals surface area contributed by atoms with Gasteiger partial charge < -0.3 is 15.4 Å². The number of pyridine rings is 1. The van der Waals surface area contributed by atoms with Gasteiger partial charge in [-0.2, -0.15) is 0 Å². The molecule has 0 bridgehead atoms. The van der Waals surface area contributed by atoms with E-state index in [0.717, 1.165) is 16.8 Å². The van der Waals surface area contributed by atoms with E-state index in [1.165, 1.54) is 12.1 Å². The molecular formula is C21H19ClFN3O2. The van der Waals surface area contributed by atoms with Crippen molar-refractivity contribution < 1.29 is 13.9 Å². The molecular weight excluding hydrogens is 381 g/mol. The fraction of sp³-hybridized carbons (Fsp3) is 0.143. The lowest BCUT2D eigenvalue weighted by Crippen LogP contribution is -2.23. The van der Waals surface area contributed by atoms with E-state index in [9.17, 15) is 9.18 Å². The number of hydrogen-bond donors (Lipinski definition) is 2. The van der Waals surface area contributed by atoms with Gasteiger partial charge in [-0.1, -0.05) is 23.7 Å². The zero-order chi connectivity index (χ0) is 20.1. The highest BCUT2D eigenvalue weighted by Gasteiger charge is 2.11. The molecule has 0 radical (unpaired) electrons. The molecule has 0 unspecified atom stereocenters. The van der Waals surface area contributed by atoms with Crippen molar-refractivity contribution in [3.63, 3.8) is 0 Å². The van der Waals surface area contributed by atoms with Crippen LogP contribution in [0.4, 0.5) is 15.8 Å². The summed E-state index contributed by atoms with van der Waals surface area (Å²) in [5.41, 5.74) is 3.37. The Bertz CT molecular complexity index is 993. The van der Waals surface area contributed by atoms with Crippen LogP contribution in [-0.2, 0) is 6.54 Å². The number of methoxy groups -OCH3 is 1. The molecule has 0 fully saturated rings. The van der Waals surface area contributed by atoms with Crippen molar-refractivity contribution in [1.82, 2.24) is 10.3 Å². The smallest absolute Gasteiger partial charge is 0.270 e. The van der Waals surface area contributed by atoms with Crippen LogP contribution in [0.5, 0.6) is 5.75 Å². The Morgan fingerprint density at radius 1 is 1.18 bits per heavy atom. The molecule has 1 aromatic heterocycles. The number of anilines is 2. The molecule has 0 aliphatic heterocycles. The quantitative estimate of drug-likeness (QED) is 0.621. The lowest BCUT2D eigenvalue weighted by molar-refractivity contribution is 0.0946. The van der Waals surface area contributed by atoms with Crippen molar-refractivity contribution in [3.8, 4) is 5.75 Å². The SMILES string of the molecule is COc1cc(Cl)c(C)cc1Nc1ccnc(C(=O)NCc2ccc(F)cc2)c1. The largest absolute Gasteiger partial charge is 0.495 e. The molecule has 144 valence electrons. The van der Waals surface area contributed by atoms with Gasteiger partial charge in [0.05, 0.1) is 12.8 Å². The van der Waals surface area contributed by atoms with Gasteiger partial charge in [0.1, 0.15) is 17.3 Å². The van der Waals surface area contributed by atoms with Crippen LogP contribution in [0.1, 0.15) is 21.6 Å². The van der Waals surface area contributed by atoms with E-state index >= 15 is 0 Å². The average Bonchev–Trinajstić information content (AvgIpc) is 2.70. The Labute approximate surface area is 167 Å². The van der Waals surface area contributed by atoms with Gasteiger partial charge in [-0.25, -0.2) is 4.39 Å². The second-order valence-corrected chi connectivity index (χ2v) is 6.57. The zero-order valence-corrected chi connectivity index (χ0v) is 16.2. The molecule has 0 atom stereocenters. The number of carbonyl (C=O) groups excluding carboxylic acids is 1. The summed E-state index contributed by atoms with van der Waals surface area (Å²) in [6.07, 6.45) is 1.55. The van der Waals surface area contributed by atoms with E-state index in [4.69, 9.17) is 16.3 Å². The second kappa shape index (κ2) is 8.71. The summed E-state index contributed by atoms with van der Waals surface area (Å²) >= 11 is 6.14. The van der Waals surface area contributed by atoms with Crippen molar-refractivity contribution in [3.05, 3.63) is 82.4 Å². The molecule has 0 saturated carbocycles. The van der Waals surface area contributed by atoms with Crippen molar-refractivity contribution >= 4 is 28.9 Å². The van der Waals surface area contributed by atoms with E-state index in [-0.39, 0.29) is 24.0 Å². The fourth-order valence-electron chi connectivity index (χ4n) is 2.59. The molecule has 3 rings (SSSR count). The standard InChI is InChI=1S/C21H19ClFN3O2/c1-13-9-18(20(28-2)11-17(13)22)26-16-7-8-24-19(10-16)21(27)25-12-14-3-5-15(23)6-4-14/h3-11H,12H2,1-2H3,(H,24,26)(H,25,27). The maximum Gasteiger partial charge on any atom is 0.270 e. The number of aromatic nitrogens is 1. The Kier molecular flexibility index (Phi) is 6.11. The highest BCUT2D eigenvalue weighted by molar-refractivity contribution is 6.31. The van der Waals surface area contributed by atoms with Crippen LogP contribution in [0, 0.1) is 12.7 Å². The first-order chi connectivity index (χ1) is 13.5. The summed E-state index contributed by atoms with van der Waals surface area (Å²) in [6, 6.07) is 12.9. The molecule has 0 aliphatic carbocycles. The predicted octanol–water partition coefficient (Wildman–Crippen LogP) is 4.86. The number of carbonyl (C=O) groups is 1. The number of nitrogens with zero attached hydrogens (tertiary/aromatic N) is 1. The van der Waals surface area contributed by atoms with E-state index < -0.39 is 0 Å². The van der Waals surface area contributed by atoms with Gasteiger partial charge in [0, 0.05) is 29.5 Å². The Hall–Kier alpha value is -3.12. The van der Waals surface area contributed by atoms with Crippen LogP contribution in [0.15, 0.2) is 54.7 Å². The number of amides is 1. The predicted molar refractivity (Wildman–Crippen MR) is 108 cm³/mol. The van der Waals surface area contributed by atoms with Crippen LogP contribution in [0.3, 0.4) is 0 Å². The van der Waals surface area contributed by atoms with Crippen LogP contribution >= 0.6 is 11.6 Å². The number of hydrogen-bond acceptors (Lipinski definition) is 4. The number of halogens is 2. The molecule has 5 nitrogen and oxygen atoms in total. The average molecular weight is 400 g/mol. The lowest BCUT2D eigenvalue weighted by Gasteiger charge is -2.13. The molecule has 0 spiro atoms. The van der Waals surface area contributed by atoms with Gasteiger partial charge >= 0.3 is 0 Å². The molecule has 3 aromatic rings. The third kappa shape index (κ3) is 4.78. The summed E-state index contributed by atoms with van der Waals surface area (Å²) in [7, 11) is 1.56. The van der Waals surface area contributed by atoms with Crippen molar-refractivity contribution in [1.29, 1.82) is 0 Å². The van der Waals surface area contributed by atoms with Crippen molar-refractivity contribution in [2.24, 2.45) is 0 Å². The van der Waals surface area contributed by atoms with Crippen LogP contribution in [-0.4, -0.2) is 18.0 Å². The molecule has 1 amide bonds. The van der Waals surface area contributed by atoms with E-state index in [2.05, 4.69) is 15.6 Å². The molecule has 1 heterocycles. The molecule has 0 saturated heterocycles. The monoisotopic (exact) mass is 399 g/mol. The maximum absolute atomic E-state index is 13.0. The number of ether oxygens (including phenoxy) is 1. The van der Waals surface area contributed by atoms with Crippen molar-refractivity contribution in [2.45, 2.75) is 13.5 Å². The van der Waals surface area contributed by atoms with E-state index in [1.807, 2.05) is 13.0 Å². The minimum absolute atomic E-state index is 0.261. The summed E-state index contributed by atoms with van der Waals surface area (Å²) in [4.78, 5) is 16.5. The molecule has 7 heteroatoms. The first-order valence-electron chi connectivity index (χ1n) is 8.56. The lowest BCUT2D eigenvalue weighted by atomic mass is 10.2. The second-order valence-electron chi connectivity index (χ2n) is 6.17. The van der Waals surface area contributed by atoms with Crippen molar-refractivity contribution in [2.75, 3.05) is 12.4 Å². The van der Waals surface area contributed by atoms with E-state index in [0.29, 0.717) is 16.5 Å². The molecule has 2 N–H and O–H groups in total. The van der Waals surface area contributed by atoms with Gasteiger partial charge in [0.2, 0.25) is 0 Å². The third-order valence-electron chi connectivity index (χ3n) is 4.12.